The Bertz CT molecular complexity index is 4270. The summed E-state index contributed by atoms with van der Waals surface area (Å²) < 4.78 is 9.13. The van der Waals surface area contributed by atoms with Gasteiger partial charge >= 0.3 is 0 Å². The molecule has 0 amide bonds. The van der Waals surface area contributed by atoms with Crippen LogP contribution in [0, 0.1) is 0 Å². The molecule has 0 atom stereocenters. The van der Waals surface area contributed by atoms with Crippen molar-refractivity contribution >= 4 is 70.5 Å². The van der Waals surface area contributed by atoms with Gasteiger partial charge in [0, 0.05) is 53.6 Å². The zero-order valence-corrected chi connectivity index (χ0v) is 42.2. The van der Waals surface area contributed by atoms with Gasteiger partial charge in [-0.05, 0) is 133 Å². The van der Waals surface area contributed by atoms with E-state index in [0.717, 1.165) is 61.3 Å². The Hall–Kier alpha value is -9.54. The number of nitrogens with zero attached hydrogens (tertiary/aromatic N) is 1. The molecule has 356 valence electrons. The van der Waals surface area contributed by atoms with Gasteiger partial charge in [0.25, 0.3) is 0 Å². The average molecular weight is 986 g/mol. The van der Waals surface area contributed by atoms with Crippen LogP contribution in [0.5, 0.6) is 0 Å². The maximum atomic E-state index is 6.49. The third-order valence-corrected chi connectivity index (χ3v) is 17.0. The Kier molecular flexibility index (Phi) is 10.3. The van der Waals surface area contributed by atoms with E-state index in [2.05, 4.69) is 278 Å². The predicted molar refractivity (Wildman–Crippen MR) is 320 cm³/mol. The molecule has 0 spiro atoms. The number of furan rings is 1. The third kappa shape index (κ3) is 7.01. The van der Waals surface area contributed by atoms with E-state index < -0.39 is 5.41 Å². The number of anilines is 3. The fourth-order valence-electron chi connectivity index (χ4n) is 12.3. The molecule has 1 aliphatic rings. The summed E-state index contributed by atoms with van der Waals surface area (Å²) in [6, 6.07) is 104. The molecule has 0 unspecified atom stereocenters. The molecule has 15 rings (SSSR count). The van der Waals surface area contributed by atoms with Crippen LogP contribution in [-0.4, -0.2) is 0 Å². The van der Waals surface area contributed by atoms with Crippen LogP contribution in [0.15, 0.2) is 290 Å². The predicted octanol–water partition coefficient (Wildman–Crippen LogP) is 20.5. The highest BCUT2D eigenvalue weighted by atomic mass is 32.1. The zero-order chi connectivity index (χ0) is 50.2. The number of hydrogen-bond acceptors (Lipinski definition) is 3. The van der Waals surface area contributed by atoms with Crippen molar-refractivity contribution in [1.82, 2.24) is 0 Å². The van der Waals surface area contributed by atoms with E-state index in [4.69, 9.17) is 4.42 Å². The van der Waals surface area contributed by atoms with Crippen LogP contribution >= 0.6 is 11.3 Å². The van der Waals surface area contributed by atoms with Gasteiger partial charge in [0.1, 0.15) is 11.2 Å². The lowest BCUT2D eigenvalue weighted by atomic mass is 9.68. The molecular weight excluding hydrogens is 939 g/mol. The molecule has 0 aliphatic heterocycles. The monoisotopic (exact) mass is 985 g/mol. The summed E-state index contributed by atoms with van der Waals surface area (Å²) in [6.07, 6.45) is 0. The van der Waals surface area contributed by atoms with Gasteiger partial charge in [0.05, 0.1) is 5.41 Å². The molecule has 2 aromatic heterocycles. The minimum atomic E-state index is -0.484. The molecule has 0 radical (unpaired) electrons. The van der Waals surface area contributed by atoms with Gasteiger partial charge in [0.2, 0.25) is 0 Å². The first-order valence-electron chi connectivity index (χ1n) is 26.1. The van der Waals surface area contributed by atoms with E-state index in [1.54, 1.807) is 0 Å². The average Bonchev–Trinajstić information content (AvgIpc) is 4.25. The van der Waals surface area contributed by atoms with E-state index >= 15 is 0 Å². The van der Waals surface area contributed by atoms with E-state index in [0.29, 0.717) is 0 Å². The number of hydrogen-bond donors (Lipinski definition) is 0. The Morgan fingerprint density at radius 3 is 1.50 bits per heavy atom. The van der Waals surface area contributed by atoms with Crippen molar-refractivity contribution in [1.29, 1.82) is 0 Å². The highest BCUT2D eigenvalue weighted by molar-refractivity contribution is 7.26. The fourth-order valence-corrected chi connectivity index (χ4v) is 13.5. The number of fused-ring (bicyclic) bond motifs is 9. The maximum Gasteiger partial charge on any atom is 0.143 e. The Labute approximate surface area is 445 Å². The summed E-state index contributed by atoms with van der Waals surface area (Å²) >= 11 is 1.88. The summed E-state index contributed by atoms with van der Waals surface area (Å²) in [5.74, 6) is 0. The normalized spacial score (nSPS) is 12.6. The van der Waals surface area contributed by atoms with Crippen molar-refractivity contribution < 1.29 is 4.42 Å². The second kappa shape index (κ2) is 17.8. The Balaban J connectivity index is 0.844. The van der Waals surface area contributed by atoms with Crippen LogP contribution in [0.25, 0.3) is 97.7 Å². The molecule has 1 aliphatic carbocycles. The van der Waals surface area contributed by atoms with Gasteiger partial charge in [-0.3, -0.25) is 0 Å². The first kappa shape index (κ1) is 44.0. The van der Waals surface area contributed by atoms with Gasteiger partial charge in [-0.2, -0.15) is 0 Å². The lowest BCUT2D eigenvalue weighted by Gasteiger charge is -2.34. The molecule has 14 aromatic rings. The molecule has 76 heavy (non-hydrogen) atoms. The molecule has 0 fully saturated rings. The quantitative estimate of drug-likeness (QED) is 0.143. The number of benzene rings is 12. The molecular formula is C73H47NOS. The van der Waals surface area contributed by atoms with Crippen molar-refractivity contribution in [3.05, 3.63) is 307 Å². The van der Waals surface area contributed by atoms with Gasteiger partial charge in [-0.25, -0.2) is 0 Å². The van der Waals surface area contributed by atoms with E-state index in [-0.39, 0.29) is 0 Å². The maximum absolute atomic E-state index is 6.49. The molecule has 2 heterocycles. The zero-order valence-electron chi connectivity index (χ0n) is 41.4. The highest BCUT2D eigenvalue weighted by Crippen LogP contribution is 2.57. The second-order valence-corrected chi connectivity index (χ2v) is 21.0. The van der Waals surface area contributed by atoms with Crippen LogP contribution < -0.4 is 4.90 Å². The van der Waals surface area contributed by atoms with Crippen LogP contribution in [0.2, 0.25) is 0 Å². The Morgan fingerprint density at radius 1 is 0.303 bits per heavy atom. The minimum absolute atomic E-state index is 0.484. The summed E-state index contributed by atoms with van der Waals surface area (Å²) in [6.45, 7) is 0. The van der Waals surface area contributed by atoms with Crippen molar-refractivity contribution in [2.75, 3.05) is 4.90 Å². The first-order valence-corrected chi connectivity index (χ1v) is 26.9. The molecule has 0 N–H and O–H groups in total. The molecule has 0 saturated carbocycles. The summed E-state index contributed by atoms with van der Waals surface area (Å²) in [7, 11) is 0. The summed E-state index contributed by atoms with van der Waals surface area (Å²) in [5, 5.41) is 4.89. The first-order chi connectivity index (χ1) is 37.7. The van der Waals surface area contributed by atoms with Crippen LogP contribution in [0.3, 0.4) is 0 Å². The van der Waals surface area contributed by atoms with Crippen LogP contribution in [0.4, 0.5) is 17.1 Å². The van der Waals surface area contributed by atoms with Gasteiger partial charge in [-0.15, -0.1) is 11.3 Å². The lowest BCUT2D eigenvalue weighted by Crippen LogP contribution is -2.28. The van der Waals surface area contributed by atoms with Crippen LogP contribution in [0.1, 0.15) is 22.3 Å². The van der Waals surface area contributed by atoms with Gasteiger partial charge in [0.15, 0.2) is 0 Å². The van der Waals surface area contributed by atoms with Crippen LogP contribution in [-0.2, 0) is 5.41 Å². The van der Waals surface area contributed by atoms with Gasteiger partial charge in [-0.1, -0.05) is 224 Å². The summed E-state index contributed by atoms with van der Waals surface area (Å²) in [4.78, 5) is 2.42. The minimum Gasteiger partial charge on any atom is -0.455 e. The fraction of sp³-hybridized carbons (Fsp3) is 0.0137. The molecule has 2 nitrogen and oxygen atoms in total. The standard InChI is InChI=1S/C73H47NOS/c1-3-21-54(22-4-1)73(55-23-5-2-6-24-55)67-32-10-7-25-61(67)66-47-58(43-44-68(66)73)74(56-39-35-48(36-40-56)50-17-13-19-52(45-50)59-28-15-30-64-62-26-8-11-33-69(62)75-71(59)64)57-41-37-49(38-42-57)51-18-14-20-53(46-51)60-29-16-31-65-63-27-9-12-34-70(63)76-72(60)65/h1-47H. The summed E-state index contributed by atoms with van der Waals surface area (Å²) in [5.41, 5.74) is 21.5. The van der Waals surface area contributed by atoms with E-state index in [9.17, 15) is 0 Å². The molecule has 12 aromatic carbocycles. The number of para-hydroxylation sites is 2. The number of rotatable bonds is 9. The second-order valence-electron chi connectivity index (χ2n) is 19.9. The molecule has 0 bridgehead atoms. The topological polar surface area (TPSA) is 16.4 Å². The largest absolute Gasteiger partial charge is 0.455 e. The van der Waals surface area contributed by atoms with Crippen molar-refractivity contribution in [2.45, 2.75) is 5.41 Å². The Morgan fingerprint density at radius 2 is 0.803 bits per heavy atom. The highest BCUT2D eigenvalue weighted by Gasteiger charge is 2.46. The number of thiophene rings is 1. The van der Waals surface area contributed by atoms with Crippen molar-refractivity contribution in [2.24, 2.45) is 0 Å². The van der Waals surface area contributed by atoms with Gasteiger partial charge < -0.3 is 9.32 Å². The van der Waals surface area contributed by atoms with Crippen molar-refractivity contribution in [3.63, 3.8) is 0 Å². The van der Waals surface area contributed by atoms with E-state index in [1.807, 2.05) is 23.5 Å². The van der Waals surface area contributed by atoms with Crippen molar-refractivity contribution in [3.8, 4) is 55.6 Å². The smallest absolute Gasteiger partial charge is 0.143 e. The molecule has 3 heteroatoms. The van der Waals surface area contributed by atoms with E-state index in [1.165, 1.54) is 75.8 Å². The molecule has 0 saturated heterocycles. The third-order valence-electron chi connectivity index (χ3n) is 15.8. The SMILES string of the molecule is c1ccc(C2(c3ccccc3)c3ccccc3-c3cc(N(c4ccc(-c5cccc(-c6cccc7c6oc6ccccc67)c5)cc4)c4ccc(-c5cccc(-c6cccc7c6sc6ccccc67)c5)cc4)ccc32)cc1. The lowest BCUT2D eigenvalue weighted by molar-refractivity contribution is 0.670.